The molecule has 0 amide bonds. The molecular formula is C15H17NO2. The zero-order chi connectivity index (χ0) is 12.4. The van der Waals surface area contributed by atoms with Gasteiger partial charge in [-0.15, -0.1) is 0 Å². The molecule has 18 heavy (non-hydrogen) atoms. The maximum Gasteiger partial charge on any atom is 0.126 e. The number of rotatable bonds is 2. The molecule has 1 atom stereocenters. The van der Waals surface area contributed by atoms with Gasteiger partial charge in [-0.2, -0.15) is 0 Å². The smallest absolute Gasteiger partial charge is 0.126 e. The van der Waals surface area contributed by atoms with Crippen LogP contribution < -0.4 is 10.1 Å². The molecule has 3 heteroatoms. The van der Waals surface area contributed by atoms with Gasteiger partial charge in [0.15, 0.2) is 0 Å². The second-order valence-corrected chi connectivity index (χ2v) is 4.48. The Morgan fingerprint density at radius 2 is 2.00 bits per heavy atom. The number of nitrogens with one attached hydrogen (secondary N) is 1. The van der Waals surface area contributed by atoms with Crippen molar-refractivity contribution in [2.24, 2.45) is 0 Å². The minimum absolute atomic E-state index is 0.273. The molecule has 0 saturated carbocycles. The summed E-state index contributed by atoms with van der Waals surface area (Å²) in [4.78, 5) is 0. The summed E-state index contributed by atoms with van der Waals surface area (Å²) in [6.07, 6.45) is 0. The number of fused-ring (bicyclic) bond motifs is 1. The quantitative estimate of drug-likeness (QED) is 0.879. The van der Waals surface area contributed by atoms with Gasteiger partial charge in [-0.3, -0.25) is 0 Å². The van der Waals surface area contributed by atoms with Gasteiger partial charge in [-0.25, -0.2) is 0 Å². The van der Waals surface area contributed by atoms with E-state index >= 15 is 0 Å². The molecular weight excluding hydrogens is 226 g/mol. The number of benzene rings is 2. The van der Waals surface area contributed by atoms with E-state index in [2.05, 4.69) is 29.6 Å². The van der Waals surface area contributed by atoms with Gasteiger partial charge in [-0.05, 0) is 17.0 Å². The maximum absolute atomic E-state index is 5.55. The molecule has 0 bridgehead atoms. The molecule has 1 aliphatic heterocycles. The third-order valence-electron chi connectivity index (χ3n) is 3.43. The Balaban J connectivity index is 2.12. The summed E-state index contributed by atoms with van der Waals surface area (Å²) in [5.74, 6) is 0.922. The third kappa shape index (κ3) is 1.96. The van der Waals surface area contributed by atoms with Crippen LogP contribution >= 0.6 is 0 Å². The van der Waals surface area contributed by atoms with Crippen LogP contribution in [0.2, 0.25) is 0 Å². The van der Waals surface area contributed by atoms with Crippen molar-refractivity contribution in [3.05, 3.63) is 42.0 Å². The predicted molar refractivity (Wildman–Crippen MR) is 72.1 cm³/mol. The Hall–Kier alpha value is -1.58. The summed E-state index contributed by atoms with van der Waals surface area (Å²) in [7, 11) is 1.71. The molecule has 1 saturated heterocycles. The van der Waals surface area contributed by atoms with E-state index in [9.17, 15) is 0 Å². The van der Waals surface area contributed by atoms with Crippen molar-refractivity contribution in [3.8, 4) is 5.75 Å². The second-order valence-electron chi connectivity index (χ2n) is 4.48. The largest absolute Gasteiger partial charge is 0.496 e. The SMILES string of the molecule is COc1ccc(C2COCCN2)c2ccccc12. The average molecular weight is 243 g/mol. The van der Waals surface area contributed by atoms with Gasteiger partial charge < -0.3 is 14.8 Å². The van der Waals surface area contributed by atoms with E-state index < -0.39 is 0 Å². The summed E-state index contributed by atoms with van der Waals surface area (Å²) >= 11 is 0. The highest BCUT2D eigenvalue weighted by Gasteiger charge is 2.18. The van der Waals surface area contributed by atoms with Gasteiger partial charge in [0.1, 0.15) is 5.75 Å². The number of ether oxygens (including phenoxy) is 2. The first-order chi connectivity index (χ1) is 8.90. The molecule has 3 nitrogen and oxygen atoms in total. The molecule has 2 aromatic rings. The molecule has 94 valence electrons. The van der Waals surface area contributed by atoms with Crippen LogP contribution in [0, 0.1) is 0 Å². The second kappa shape index (κ2) is 4.96. The number of hydrogen-bond acceptors (Lipinski definition) is 3. The lowest BCUT2D eigenvalue weighted by atomic mass is 9.98. The highest BCUT2D eigenvalue weighted by Crippen LogP contribution is 2.32. The van der Waals surface area contributed by atoms with Gasteiger partial charge in [0.25, 0.3) is 0 Å². The van der Waals surface area contributed by atoms with Crippen molar-refractivity contribution in [1.29, 1.82) is 0 Å². The third-order valence-corrected chi connectivity index (χ3v) is 3.43. The van der Waals surface area contributed by atoms with E-state index in [4.69, 9.17) is 9.47 Å². The van der Waals surface area contributed by atoms with E-state index in [1.54, 1.807) is 7.11 Å². The summed E-state index contributed by atoms with van der Waals surface area (Å²) in [6.45, 7) is 2.44. The standard InChI is InChI=1S/C15H17NO2/c1-17-15-7-6-12(14-10-18-9-8-16-14)11-4-2-3-5-13(11)15/h2-7,14,16H,8-10H2,1H3. The van der Waals surface area contributed by atoms with E-state index in [-0.39, 0.29) is 6.04 Å². The fourth-order valence-electron chi connectivity index (χ4n) is 2.54. The van der Waals surface area contributed by atoms with Crippen molar-refractivity contribution >= 4 is 10.8 Å². The first-order valence-electron chi connectivity index (χ1n) is 6.27. The zero-order valence-electron chi connectivity index (χ0n) is 10.5. The molecule has 0 spiro atoms. The van der Waals surface area contributed by atoms with Crippen LogP contribution in [0.1, 0.15) is 11.6 Å². The van der Waals surface area contributed by atoms with Crippen LogP contribution in [-0.2, 0) is 4.74 Å². The Morgan fingerprint density at radius 1 is 1.17 bits per heavy atom. The van der Waals surface area contributed by atoms with E-state index in [1.807, 2.05) is 12.1 Å². The van der Waals surface area contributed by atoms with Crippen LogP contribution in [0.4, 0.5) is 0 Å². The molecule has 3 rings (SSSR count). The summed E-state index contributed by atoms with van der Waals surface area (Å²) in [6, 6.07) is 12.8. The van der Waals surface area contributed by atoms with E-state index in [1.165, 1.54) is 10.9 Å². The van der Waals surface area contributed by atoms with Gasteiger partial charge in [0.2, 0.25) is 0 Å². The molecule has 1 heterocycles. The van der Waals surface area contributed by atoms with E-state index in [0.717, 1.165) is 30.9 Å². The fraction of sp³-hybridized carbons (Fsp3) is 0.333. The van der Waals surface area contributed by atoms with Crippen LogP contribution in [0.15, 0.2) is 36.4 Å². The monoisotopic (exact) mass is 243 g/mol. The topological polar surface area (TPSA) is 30.5 Å². The van der Waals surface area contributed by atoms with Crippen LogP contribution in [-0.4, -0.2) is 26.9 Å². The Labute approximate surface area is 107 Å². The Kier molecular flexibility index (Phi) is 3.17. The van der Waals surface area contributed by atoms with Gasteiger partial charge in [0, 0.05) is 11.9 Å². The highest BCUT2D eigenvalue weighted by molar-refractivity contribution is 5.91. The van der Waals surface area contributed by atoms with Crippen molar-refractivity contribution in [3.63, 3.8) is 0 Å². The predicted octanol–water partition coefficient (Wildman–Crippen LogP) is 2.51. The van der Waals surface area contributed by atoms with Crippen molar-refractivity contribution < 1.29 is 9.47 Å². The molecule has 1 unspecified atom stereocenters. The summed E-state index contributed by atoms with van der Waals surface area (Å²) in [5, 5.41) is 5.89. The normalized spacial score (nSPS) is 19.9. The van der Waals surface area contributed by atoms with Gasteiger partial charge >= 0.3 is 0 Å². The summed E-state index contributed by atoms with van der Waals surface area (Å²) in [5.41, 5.74) is 1.28. The molecule has 1 fully saturated rings. The van der Waals surface area contributed by atoms with Crippen molar-refractivity contribution in [2.45, 2.75) is 6.04 Å². The molecule has 0 aliphatic carbocycles. The Bertz CT molecular complexity index is 547. The number of morpholine rings is 1. The minimum atomic E-state index is 0.273. The lowest BCUT2D eigenvalue weighted by Crippen LogP contribution is -2.34. The number of hydrogen-bond donors (Lipinski definition) is 1. The summed E-state index contributed by atoms with van der Waals surface area (Å²) < 4.78 is 11.0. The minimum Gasteiger partial charge on any atom is -0.496 e. The molecule has 1 N–H and O–H groups in total. The first kappa shape index (κ1) is 11.5. The number of methoxy groups -OCH3 is 1. The average Bonchev–Trinajstić information content (AvgIpc) is 2.47. The first-order valence-corrected chi connectivity index (χ1v) is 6.27. The zero-order valence-corrected chi connectivity index (χ0v) is 10.5. The Morgan fingerprint density at radius 3 is 2.72 bits per heavy atom. The van der Waals surface area contributed by atoms with Gasteiger partial charge in [-0.1, -0.05) is 30.3 Å². The van der Waals surface area contributed by atoms with Crippen LogP contribution in [0.25, 0.3) is 10.8 Å². The highest BCUT2D eigenvalue weighted by atomic mass is 16.5. The van der Waals surface area contributed by atoms with Crippen molar-refractivity contribution in [2.75, 3.05) is 26.9 Å². The molecule has 1 aliphatic rings. The maximum atomic E-state index is 5.55. The molecule has 2 aromatic carbocycles. The van der Waals surface area contributed by atoms with Crippen LogP contribution in [0.3, 0.4) is 0 Å². The molecule has 0 radical (unpaired) electrons. The van der Waals surface area contributed by atoms with Gasteiger partial charge in [0.05, 0.1) is 26.4 Å². The molecule has 0 aromatic heterocycles. The van der Waals surface area contributed by atoms with Crippen LogP contribution in [0.5, 0.6) is 5.75 Å². The fourth-order valence-corrected chi connectivity index (χ4v) is 2.54. The van der Waals surface area contributed by atoms with Crippen molar-refractivity contribution in [1.82, 2.24) is 5.32 Å². The lowest BCUT2D eigenvalue weighted by Gasteiger charge is -2.25. The van der Waals surface area contributed by atoms with E-state index in [0.29, 0.717) is 0 Å². The lowest BCUT2D eigenvalue weighted by molar-refractivity contribution is 0.0773.